The molecule has 2 fully saturated rings. The van der Waals surface area contributed by atoms with Gasteiger partial charge in [0.2, 0.25) is 0 Å². The summed E-state index contributed by atoms with van der Waals surface area (Å²) in [6.45, 7) is 9.32. The maximum Gasteiger partial charge on any atom is 0.191 e. The first-order valence-corrected chi connectivity index (χ1v) is 10.5. The lowest BCUT2D eigenvalue weighted by atomic mass is 10.2. The van der Waals surface area contributed by atoms with E-state index in [1.54, 1.807) is 0 Å². The Labute approximate surface area is 180 Å². The largest absolute Gasteiger partial charge is 0.355 e. The van der Waals surface area contributed by atoms with Gasteiger partial charge >= 0.3 is 0 Å². The van der Waals surface area contributed by atoms with Gasteiger partial charge in [0.15, 0.2) is 5.96 Å². The van der Waals surface area contributed by atoms with E-state index in [0.717, 1.165) is 44.4 Å². The smallest absolute Gasteiger partial charge is 0.191 e. The normalized spacial score (nSPS) is 21.4. The van der Waals surface area contributed by atoms with Crippen molar-refractivity contribution in [1.82, 2.24) is 30.3 Å². The summed E-state index contributed by atoms with van der Waals surface area (Å²) in [5.74, 6) is 2.02. The quantitative estimate of drug-likeness (QED) is 0.334. The number of likely N-dealkylation sites (N-methyl/N-ethyl adjacent to an activating group) is 1. The number of nitrogens with zero attached hydrogens (tertiary/aromatic N) is 5. The van der Waals surface area contributed by atoms with Crippen molar-refractivity contribution in [2.75, 3.05) is 26.2 Å². The molecule has 3 rings (SSSR count). The molecule has 0 aromatic carbocycles. The molecule has 1 atom stereocenters. The monoisotopic (exact) mass is 489 g/mol. The highest BCUT2D eigenvalue weighted by molar-refractivity contribution is 14.0. The van der Waals surface area contributed by atoms with Crippen LogP contribution in [0.2, 0.25) is 0 Å². The van der Waals surface area contributed by atoms with Crippen LogP contribution in [0.25, 0.3) is 0 Å². The molecule has 0 bridgehead atoms. The van der Waals surface area contributed by atoms with Crippen molar-refractivity contribution in [3.63, 3.8) is 0 Å². The van der Waals surface area contributed by atoms with Crippen molar-refractivity contribution in [2.45, 2.75) is 77.4 Å². The van der Waals surface area contributed by atoms with Crippen molar-refractivity contribution in [3.8, 4) is 0 Å². The van der Waals surface area contributed by atoms with E-state index >= 15 is 0 Å². The van der Waals surface area contributed by atoms with Crippen molar-refractivity contribution < 1.29 is 0 Å². The zero-order valence-electron chi connectivity index (χ0n) is 16.9. The third-order valence-electron chi connectivity index (χ3n) is 5.72. The van der Waals surface area contributed by atoms with Gasteiger partial charge in [0, 0.05) is 31.6 Å². The van der Waals surface area contributed by atoms with Gasteiger partial charge in [-0.15, -0.1) is 34.2 Å². The highest BCUT2D eigenvalue weighted by Crippen LogP contribution is 2.18. The molecule has 2 N–H and O–H groups in total. The summed E-state index contributed by atoms with van der Waals surface area (Å²) in [6, 6.07) is 1.18. The Hall–Kier alpha value is -0.900. The SMILES string of the molecule is CCc1nncn1CCNC(=NCC1CCCN1CC)NC1CCCC1.I. The van der Waals surface area contributed by atoms with Gasteiger partial charge in [-0.2, -0.15) is 0 Å². The number of likely N-dealkylation sites (tertiary alicyclic amines) is 1. The summed E-state index contributed by atoms with van der Waals surface area (Å²) in [4.78, 5) is 7.50. The molecule has 0 amide bonds. The highest BCUT2D eigenvalue weighted by atomic mass is 127. The summed E-state index contributed by atoms with van der Waals surface area (Å²) in [5.41, 5.74) is 0. The number of guanidine groups is 1. The summed E-state index contributed by atoms with van der Waals surface area (Å²) in [6.07, 6.45) is 10.5. The standard InChI is InChI=1S/C19H35N7.HI/c1-3-18-24-22-15-26(18)13-11-20-19(23-16-8-5-6-9-16)21-14-17-10-7-12-25(17)4-2;/h15-17H,3-14H2,1-2H3,(H2,20,21,23);1H. The molecule has 1 aromatic heterocycles. The fraction of sp³-hybridized carbons (Fsp3) is 0.842. The molecular formula is C19H36IN7. The van der Waals surface area contributed by atoms with Crippen LogP contribution in [0.4, 0.5) is 0 Å². The molecule has 1 saturated carbocycles. The van der Waals surface area contributed by atoms with Crippen LogP contribution in [0.1, 0.15) is 58.2 Å². The van der Waals surface area contributed by atoms with Crippen LogP contribution in [0.5, 0.6) is 0 Å². The Morgan fingerprint density at radius 3 is 2.78 bits per heavy atom. The number of aliphatic imine (C=N–C) groups is 1. The van der Waals surface area contributed by atoms with Gasteiger partial charge in [-0.3, -0.25) is 9.89 Å². The van der Waals surface area contributed by atoms with Crippen molar-refractivity contribution in [3.05, 3.63) is 12.2 Å². The van der Waals surface area contributed by atoms with Crippen LogP contribution in [0, 0.1) is 0 Å². The molecule has 0 radical (unpaired) electrons. The van der Waals surface area contributed by atoms with Gasteiger partial charge < -0.3 is 15.2 Å². The fourth-order valence-electron chi connectivity index (χ4n) is 4.17. The molecule has 2 heterocycles. The Morgan fingerprint density at radius 2 is 2.04 bits per heavy atom. The number of nitrogens with one attached hydrogen (secondary N) is 2. The lowest BCUT2D eigenvalue weighted by molar-refractivity contribution is 0.273. The second kappa shape index (κ2) is 11.8. The van der Waals surface area contributed by atoms with Crippen molar-refractivity contribution in [1.29, 1.82) is 0 Å². The molecule has 8 heteroatoms. The van der Waals surface area contributed by atoms with E-state index < -0.39 is 0 Å². The summed E-state index contributed by atoms with van der Waals surface area (Å²) >= 11 is 0. The first kappa shape index (κ1) is 22.4. The van der Waals surface area contributed by atoms with Gasteiger partial charge in [0.25, 0.3) is 0 Å². The minimum absolute atomic E-state index is 0. The van der Waals surface area contributed by atoms with Crippen LogP contribution in [-0.2, 0) is 13.0 Å². The summed E-state index contributed by atoms with van der Waals surface area (Å²) < 4.78 is 2.12. The topological polar surface area (TPSA) is 70.4 Å². The van der Waals surface area contributed by atoms with Gasteiger partial charge in [0.05, 0.1) is 6.54 Å². The molecule has 2 aliphatic rings. The molecular weight excluding hydrogens is 453 g/mol. The fourth-order valence-corrected chi connectivity index (χ4v) is 4.17. The molecule has 1 aliphatic heterocycles. The van der Waals surface area contributed by atoms with E-state index in [9.17, 15) is 0 Å². The number of aromatic nitrogens is 3. The van der Waals surface area contributed by atoms with E-state index in [0.29, 0.717) is 12.1 Å². The highest BCUT2D eigenvalue weighted by Gasteiger charge is 2.23. The zero-order chi connectivity index (χ0) is 18.2. The molecule has 154 valence electrons. The third-order valence-corrected chi connectivity index (χ3v) is 5.72. The molecule has 1 aromatic rings. The summed E-state index contributed by atoms with van der Waals surface area (Å²) in [7, 11) is 0. The van der Waals surface area contributed by atoms with Crippen LogP contribution in [0.3, 0.4) is 0 Å². The van der Waals surface area contributed by atoms with Crippen LogP contribution < -0.4 is 10.6 Å². The number of halogens is 1. The molecule has 27 heavy (non-hydrogen) atoms. The average Bonchev–Trinajstić information content (AvgIpc) is 3.40. The Bertz CT molecular complexity index is 568. The maximum atomic E-state index is 4.94. The molecule has 7 nitrogen and oxygen atoms in total. The summed E-state index contributed by atoms with van der Waals surface area (Å²) in [5, 5.41) is 15.4. The first-order valence-electron chi connectivity index (χ1n) is 10.5. The molecule has 0 spiro atoms. The lowest BCUT2D eigenvalue weighted by Crippen LogP contribution is -2.44. The first-order chi connectivity index (χ1) is 12.8. The lowest BCUT2D eigenvalue weighted by Gasteiger charge is -2.22. The zero-order valence-corrected chi connectivity index (χ0v) is 19.2. The van der Waals surface area contributed by atoms with Gasteiger partial charge in [-0.25, -0.2) is 0 Å². The van der Waals surface area contributed by atoms with E-state index in [2.05, 4.69) is 44.1 Å². The van der Waals surface area contributed by atoms with Crippen molar-refractivity contribution >= 4 is 29.9 Å². The maximum absolute atomic E-state index is 4.94. The number of hydrogen-bond donors (Lipinski definition) is 2. The second-order valence-corrected chi connectivity index (χ2v) is 7.46. The van der Waals surface area contributed by atoms with Crippen molar-refractivity contribution in [2.24, 2.45) is 4.99 Å². The van der Waals surface area contributed by atoms with Gasteiger partial charge in [-0.05, 0) is 38.8 Å². The van der Waals surface area contributed by atoms with Crippen LogP contribution >= 0.6 is 24.0 Å². The van der Waals surface area contributed by atoms with Crippen LogP contribution in [0.15, 0.2) is 11.3 Å². The molecule has 1 unspecified atom stereocenters. The minimum atomic E-state index is 0. The Balaban J connectivity index is 0.00000261. The number of aryl methyl sites for hydroxylation is 1. The Morgan fingerprint density at radius 1 is 1.22 bits per heavy atom. The average molecular weight is 489 g/mol. The predicted molar refractivity (Wildman–Crippen MR) is 121 cm³/mol. The van der Waals surface area contributed by atoms with E-state index in [-0.39, 0.29) is 24.0 Å². The third kappa shape index (κ3) is 6.58. The number of rotatable bonds is 8. The minimum Gasteiger partial charge on any atom is -0.355 e. The Kier molecular flexibility index (Phi) is 9.81. The number of hydrogen-bond acceptors (Lipinski definition) is 4. The van der Waals surface area contributed by atoms with Gasteiger partial charge in [-0.1, -0.05) is 26.7 Å². The van der Waals surface area contributed by atoms with Gasteiger partial charge in [0.1, 0.15) is 12.2 Å². The molecule has 1 aliphatic carbocycles. The van der Waals surface area contributed by atoms with E-state index in [4.69, 9.17) is 4.99 Å². The van der Waals surface area contributed by atoms with E-state index in [1.165, 1.54) is 45.1 Å². The molecule has 1 saturated heterocycles. The predicted octanol–water partition coefficient (Wildman–Crippen LogP) is 2.42. The van der Waals surface area contributed by atoms with Crippen LogP contribution in [-0.4, -0.2) is 63.9 Å². The van der Waals surface area contributed by atoms with E-state index in [1.807, 2.05) is 6.33 Å². The second-order valence-electron chi connectivity index (χ2n) is 7.46.